The molecular formula is C5H9N3O4. The summed E-state index contributed by atoms with van der Waals surface area (Å²) in [6, 6.07) is -1.49. The van der Waals surface area contributed by atoms with Gasteiger partial charge in [-0.05, 0) is 5.53 Å². The van der Waals surface area contributed by atoms with Crippen LogP contribution in [0.25, 0.3) is 10.4 Å². The quantitative estimate of drug-likeness (QED) is 0.340. The molecule has 0 aromatic rings. The van der Waals surface area contributed by atoms with Gasteiger partial charge in [0.25, 0.3) is 0 Å². The third-order valence-electron chi connectivity index (χ3n) is 1.13. The molecule has 0 saturated heterocycles. The summed E-state index contributed by atoms with van der Waals surface area (Å²) in [5.41, 5.74) is 7.95. The van der Waals surface area contributed by atoms with Crippen LogP contribution in [0, 0.1) is 0 Å². The molecule has 0 amide bonds. The van der Waals surface area contributed by atoms with E-state index in [1.807, 2.05) is 0 Å². The van der Waals surface area contributed by atoms with Crippen molar-refractivity contribution in [3.8, 4) is 0 Å². The summed E-state index contributed by atoms with van der Waals surface area (Å²) in [7, 11) is 1.30. The summed E-state index contributed by atoms with van der Waals surface area (Å²) in [5.74, 6) is -1.38. The highest BCUT2D eigenvalue weighted by molar-refractivity contribution is 5.74. The van der Waals surface area contributed by atoms with E-state index < -0.39 is 18.1 Å². The number of hydrogen-bond acceptors (Lipinski definition) is 4. The van der Waals surface area contributed by atoms with Gasteiger partial charge in [-0.3, -0.25) is 4.79 Å². The summed E-state index contributed by atoms with van der Waals surface area (Å²) >= 11 is 0. The Kier molecular flexibility index (Phi) is 4.78. The highest BCUT2D eigenvalue weighted by Crippen LogP contribution is 2.00. The number of ether oxygens (including phenoxy) is 1. The van der Waals surface area contributed by atoms with Gasteiger partial charge < -0.3 is 14.9 Å². The van der Waals surface area contributed by atoms with Crippen molar-refractivity contribution in [1.29, 1.82) is 0 Å². The van der Waals surface area contributed by atoms with Crippen LogP contribution in [0.3, 0.4) is 0 Å². The number of carboxylic acids is 1. The first-order valence-electron chi connectivity index (χ1n) is 3.07. The molecule has 0 fully saturated rings. The average Bonchev–Trinajstić information content (AvgIpc) is 1.99. The van der Waals surface area contributed by atoms with Crippen molar-refractivity contribution in [3.63, 3.8) is 0 Å². The number of carbonyl (C=O) groups is 1. The second-order valence-electron chi connectivity index (χ2n) is 2.01. The van der Waals surface area contributed by atoms with Crippen LogP contribution in [0.15, 0.2) is 5.11 Å². The van der Waals surface area contributed by atoms with E-state index in [9.17, 15) is 4.79 Å². The highest BCUT2D eigenvalue weighted by Gasteiger charge is 2.24. The normalized spacial score (nSPS) is 14.5. The number of hydrogen-bond donors (Lipinski definition) is 2. The molecular weight excluding hydrogens is 166 g/mol. The van der Waals surface area contributed by atoms with E-state index >= 15 is 0 Å². The number of aliphatic hydroxyl groups is 1. The van der Waals surface area contributed by atoms with E-state index in [4.69, 9.17) is 15.7 Å². The van der Waals surface area contributed by atoms with Crippen molar-refractivity contribution in [2.45, 2.75) is 12.1 Å². The first-order chi connectivity index (χ1) is 5.63. The zero-order valence-corrected chi connectivity index (χ0v) is 6.41. The van der Waals surface area contributed by atoms with Crippen LogP contribution >= 0.6 is 0 Å². The molecule has 12 heavy (non-hydrogen) atoms. The molecule has 0 rings (SSSR count). The van der Waals surface area contributed by atoms with Crippen molar-refractivity contribution in [2.24, 2.45) is 5.11 Å². The van der Waals surface area contributed by atoms with Crippen LogP contribution < -0.4 is 0 Å². The maximum atomic E-state index is 10.3. The van der Waals surface area contributed by atoms with E-state index in [2.05, 4.69) is 14.8 Å². The van der Waals surface area contributed by atoms with Gasteiger partial charge in [-0.1, -0.05) is 5.11 Å². The maximum absolute atomic E-state index is 10.3. The average molecular weight is 175 g/mol. The molecule has 0 aliphatic carbocycles. The monoisotopic (exact) mass is 175 g/mol. The van der Waals surface area contributed by atoms with Crippen LogP contribution in [0.2, 0.25) is 0 Å². The lowest BCUT2D eigenvalue weighted by molar-refractivity contribution is -0.142. The molecule has 0 bridgehead atoms. The molecule has 0 aliphatic heterocycles. The molecule has 1 unspecified atom stereocenters. The minimum atomic E-state index is -1.49. The van der Waals surface area contributed by atoms with Crippen LogP contribution in [-0.2, 0) is 9.53 Å². The largest absolute Gasteiger partial charge is 0.481 e. The number of aliphatic hydroxyl groups excluding tert-OH is 1. The van der Waals surface area contributed by atoms with Gasteiger partial charge in [0.05, 0.1) is 12.7 Å². The Morgan fingerprint density at radius 1 is 1.83 bits per heavy atom. The lowest BCUT2D eigenvalue weighted by Crippen LogP contribution is -2.35. The molecule has 0 spiro atoms. The van der Waals surface area contributed by atoms with E-state index in [1.165, 1.54) is 7.11 Å². The number of methoxy groups -OCH3 is 1. The van der Waals surface area contributed by atoms with Gasteiger partial charge in [0.15, 0.2) is 6.04 Å². The maximum Gasteiger partial charge on any atom is 0.315 e. The molecule has 0 saturated carbocycles. The zero-order chi connectivity index (χ0) is 9.56. The molecule has 7 heteroatoms. The summed E-state index contributed by atoms with van der Waals surface area (Å²) < 4.78 is 4.48. The summed E-state index contributed by atoms with van der Waals surface area (Å²) in [6.07, 6.45) is -1.32. The summed E-state index contributed by atoms with van der Waals surface area (Å²) in [6.45, 7) is -0.185. The Hall–Kier alpha value is -1.30. The Morgan fingerprint density at radius 2 is 2.42 bits per heavy atom. The smallest absolute Gasteiger partial charge is 0.315 e. The lowest BCUT2D eigenvalue weighted by atomic mass is 10.2. The molecule has 7 nitrogen and oxygen atoms in total. The molecule has 0 radical (unpaired) electrons. The molecule has 0 aromatic heterocycles. The van der Waals surface area contributed by atoms with Gasteiger partial charge in [0.2, 0.25) is 0 Å². The van der Waals surface area contributed by atoms with Gasteiger partial charge in [-0.2, -0.15) is 0 Å². The first kappa shape index (κ1) is 10.7. The van der Waals surface area contributed by atoms with Gasteiger partial charge in [0.1, 0.15) is 0 Å². The van der Waals surface area contributed by atoms with Crippen molar-refractivity contribution in [2.75, 3.05) is 13.7 Å². The highest BCUT2D eigenvalue weighted by atomic mass is 16.5. The minimum absolute atomic E-state index is 0.185. The van der Waals surface area contributed by atoms with Crippen LogP contribution in [0.4, 0.5) is 0 Å². The minimum Gasteiger partial charge on any atom is -0.481 e. The third-order valence-corrected chi connectivity index (χ3v) is 1.13. The topological polar surface area (TPSA) is 116 Å². The standard InChI is InChI=1S/C5H9N3O4/c1-12-2-3(9)4(5(10)11)7-8-6/h3-4,9H,2H2,1H3,(H,10,11)/t3-,4?/m1/s1. The van der Waals surface area contributed by atoms with Gasteiger partial charge >= 0.3 is 5.97 Å². The molecule has 68 valence electrons. The fraction of sp³-hybridized carbons (Fsp3) is 0.800. The Morgan fingerprint density at radius 3 is 2.75 bits per heavy atom. The third kappa shape index (κ3) is 3.20. The second kappa shape index (κ2) is 5.36. The van der Waals surface area contributed by atoms with Crippen molar-refractivity contribution >= 4 is 5.97 Å². The van der Waals surface area contributed by atoms with Crippen molar-refractivity contribution < 1.29 is 19.7 Å². The van der Waals surface area contributed by atoms with E-state index in [0.717, 1.165) is 0 Å². The van der Waals surface area contributed by atoms with E-state index in [1.54, 1.807) is 0 Å². The summed E-state index contributed by atoms with van der Waals surface area (Å²) in [5, 5.41) is 20.4. The number of azide groups is 1. The first-order valence-corrected chi connectivity index (χ1v) is 3.07. The molecule has 2 N–H and O–H groups in total. The lowest BCUT2D eigenvalue weighted by Gasteiger charge is -2.12. The van der Waals surface area contributed by atoms with Crippen LogP contribution in [-0.4, -0.2) is 42.0 Å². The van der Waals surface area contributed by atoms with Crippen molar-refractivity contribution in [3.05, 3.63) is 10.4 Å². The van der Waals surface area contributed by atoms with Gasteiger partial charge in [0, 0.05) is 12.0 Å². The number of nitrogens with zero attached hydrogens (tertiary/aromatic N) is 3. The fourth-order valence-electron chi connectivity index (χ4n) is 0.608. The van der Waals surface area contributed by atoms with Crippen LogP contribution in [0.1, 0.15) is 0 Å². The molecule has 0 aromatic carbocycles. The fourth-order valence-corrected chi connectivity index (χ4v) is 0.608. The molecule has 2 atom stereocenters. The number of rotatable bonds is 5. The molecule has 0 aliphatic rings. The van der Waals surface area contributed by atoms with E-state index in [-0.39, 0.29) is 6.61 Å². The summed E-state index contributed by atoms with van der Waals surface area (Å²) in [4.78, 5) is 12.6. The van der Waals surface area contributed by atoms with E-state index in [0.29, 0.717) is 0 Å². The Balaban J connectivity index is 4.28. The SMILES string of the molecule is COC[C@@H](O)C(N=[N+]=[N-])C(=O)O. The Bertz CT molecular complexity index is 199. The van der Waals surface area contributed by atoms with Crippen LogP contribution in [0.5, 0.6) is 0 Å². The number of aliphatic carboxylic acids is 1. The Labute approximate surface area is 68.2 Å². The zero-order valence-electron chi connectivity index (χ0n) is 6.41. The predicted molar refractivity (Wildman–Crippen MR) is 38.5 cm³/mol. The molecule has 0 heterocycles. The van der Waals surface area contributed by atoms with Gasteiger partial charge in [-0.15, -0.1) is 0 Å². The van der Waals surface area contributed by atoms with Crippen molar-refractivity contribution in [1.82, 2.24) is 0 Å². The van der Waals surface area contributed by atoms with Gasteiger partial charge in [-0.25, -0.2) is 0 Å². The second-order valence-corrected chi connectivity index (χ2v) is 2.01. The predicted octanol–water partition coefficient (Wildman–Crippen LogP) is -0.243. The number of carboxylic acid groups (broad SMARTS) is 1.